The van der Waals surface area contributed by atoms with Gasteiger partial charge in [0.1, 0.15) is 6.67 Å². The summed E-state index contributed by atoms with van der Waals surface area (Å²) < 4.78 is 12.0. The molecule has 11 heavy (non-hydrogen) atoms. The summed E-state index contributed by atoms with van der Waals surface area (Å²) in [6, 6.07) is 0. The lowest BCUT2D eigenvalue weighted by Crippen LogP contribution is -2.00. The normalized spacial score (nSPS) is 15.0. The first-order chi connectivity index (χ1) is 5.40. The summed E-state index contributed by atoms with van der Waals surface area (Å²) in [4.78, 5) is 7.87. The van der Waals surface area contributed by atoms with Crippen LogP contribution in [0.1, 0.15) is 17.1 Å². The van der Waals surface area contributed by atoms with Gasteiger partial charge in [0.25, 0.3) is 0 Å². The molecule has 0 bridgehead atoms. The van der Waals surface area contributed by atoms with Gasteiger partial charge >= 0.3 is 0 Å². The largest absolute Gasteiger partial charge is 0.307 e. The Bertz CT molecular complexity index is 274. The first-order valence-electron chi connectivity index (χ1n) is 3.50. The second kappa shape index (κ2) is 2.54. The molecule has 0 saturated heterocycles. The van der Waals surface area contributed by atoms with Gasteiger partial charge in [-0.15, -0.1) is 0 Å². The Labute approximate surface area is 63.7 Å². The van der Waals surface area contributed by atoms with Crippen LogP contribution in [0.5, 0.6) is 0 Å². The standard InChI is InChI=1S/C7H8FN3/c8-1-7-10-3-5-2-9-4-6(5)11-7/h3,9H,1-2,4H2. The molecule has 1 N–H and O–H groups in total. The molecular weight excluding hydrogens is 145 g/mol. The van der Waals surface area contributed by atoms with Crippen molar-refractivity contribution in [3.63, 3.8) is 0 Å². The number of halogens is 1. The molecule has 1 aliphatic rings. The second-order valence-electron chi connectivity index (χ2n) is 2.50. The van der Waals surface area contributed by atoms with Crippen LogP contribution in [-0.2, 0) is 19.8 Å². The van der Waals surface area contributed by atoms with E-state index in [9.17, 15) is 4.39 Å². The molecule has 1 aromatic heterocycles. The molecule has 0 fully saturated rings. The quantitative estimate of drug-likeness (QED) is 0.640. The first-order valence-corrected chi connectivity index (χ1v) is 3.50. The smallest absolute Gasteiger partial charge is 0.159 e. The zero-order chi connectivity index (χ0) is 7.68. The predicted octanol–water partition coefficient (Wildman–Crippen LogP) is 0.549. The van der Waals surface area contributed by atoms with Gasteiger partial charge in [0, 0.05) is 24.8 Å². The fraction of sp³-hybridized carbons (Fsp3) is 0.429. The molecular formula is C7H8FN3. The van der Waals surface area contributed by atoms with E-state index in [2.05, 4.69) is 15.3 Å². The van der Waals surface area contributed by atoms with Gasteiger partial charge in [-0.3, -0.25) is 0 Å². The van der Waals surface area contributed by atoms with E-state index < -0.39 is 6.67 Å². The average Bonchev–Trinajstić information content (AvgIpc) is 2.50. The lowest BCUT2D eigenvalue weighted by Gasteiger charge is -1.96. The number of fused-ring (bicyclic) bond motifs is 1. The van der Waals surface area contributed by atoms with Crippen LogP contribution in [0, 0.1) is 0 Å². The molecule has 0 saturated carbocycles. The predicted molar refractivity (Wildman–Crippen MR) is 37.4 cm³/mol. The third-order valence-electron chi connectivity index (χ3n) is 1.73. The molecule has 4 heteroatoms. The van der Waals surface area contributed by atoms with Crippen LogP contribution in [0.25, 0.3) is 0 Å². The highest BCUT2D eigenvalue weighted by Crippen LogP contribution is 2.11. The number of alkyl halides is 1. The first kappa shape index (κ1) is 6.67. The van der Waals surface area contributed by atoms with Gasteiger partial charge in [-0.05, 0) is 0 Å². The van der Waals surface area contributed by atoms with E-state index in [0.717, 1.165) is 24.3 Å². The van der Waals surface area contributed by atoms with Gasteiger partial charge in [-0.25, -0.2) is 14.4 Å². The van der Waals surface area contributed by atoms with Gasteiger partial charge in [0.05, 0.1) is 5.69 Å². The van der Waals surface area contributed by atoms with E-state index in [4.69, 9.17) is 0 Å². The molecule has 1 aromatic rings. The van der Waals surface area contributed by atoms with Crippen LogP contribution in [0.3, 0.4) is 0 Å². The molecule has 0 aromatic carbocycles. The Balaban J connectivity index is 2.41. The van der Waals surface area contributed by atoms with Gasteiger partial charge in [-0.2, -0.15) is 0 Å². The monoisotopic (exact) mass is 153 g/mol. The van der Waals surface area contributed by atoms with Crippen LogP contribution in [0.4, 0.5) is 4.39 Å². The number of aromatic nitrogens is 2. The summed E-state index contributed by atoms with van der Waals surface area (Å²) in [5, 5.41) is 3.11. The molecule has 2 heterocycles. The van der Waals surface area contributed by atoms with Crippen LogP contribution >= 0.6 is 0 Å². The Morgan fingerprint density at radius 1 is 1.55 bits per heavy atom. The van der Waals surface area contributed by atoms with E-state index in [-0.39, 0.29) is 5.82 Å². The highest BCUT2D eigenvalue weighted by atomic mass is 19.1. The highest BCUT2D eigenvalue weighted by molar-refractivity contribution is 5.20. The van der Waals surface area contributed by atoms with Crippen molar-refractivity contribution in [2.45, 2.75) is 19.8 Å². The molecule has 3 nitrogen and oxygen atoms in total. The zero-order valence-corrected chi connectivity index (χ0v) is 5.97. The average molecular weight is 153 g/mol. The van der Waals surface area contributed by atoms with E-state index in [1.807, 2.05) is 0 Å². The molecule has 0 unspecified atom stereocenters. The van der Waals surface area contributed by atoms with Crippen LogP contribution in [-0.4, -0.2) is 9.97 Å². The summed E-state index contributed by atoms with van der Waals surface area (Å²) in [5.74, 6) is 0.285. The van der Waals surface area contributed by atoms with E-state index >= 15 is 0 Å². The van der Waals surface area contributed by atoms with Gasteiger partial charge in [0.2, 0.25) is 0 Å². The van der Waals surface area contributed by atoms with E-state index in [1.165, 1.54) is 0 Å². The fourth-order valence-electron chi connectivity index (χ4n) is 1.16. The van der Waals surface area contributed by atoms with Crippen molar-refractivity contribution >= 4 is 0 Å². The van der Waals surface area contributed by atoms with Gasteiger partial charge in [-0.1, -0.05) is 0 Å². The number of nitrogens with one attached hydrogen (secondary N) is 1. The maximum atomic E-state index is 12.0. The topological polar surface area (TPSA) is 37.8 Å². The van der Waals surface area contributed by atoms with Crippen molar-refractivity contribution in [2.24, 2.45) is 0 Å². The third kappa shape index (κ3) is 1.09. The summed E-state index contributed by atoms with van der Waals surface area (Å²) >= 11 is 0. The van der Waals surface area contributed by atoms with Crippen LogP contribution in [0.2, 0.25) is 0 Å². The minimum absolute atomic E-state index is 0.285. The SMILES string of the molecule is FCc1ncc2c(n1)CNC2. The maximum absolute atomic E-state index is 12.0. The van der Waals surface area contributed by atoms with E-state index in [1.54, 1.807) is 6.20 Å². The Kier molecular flexibility index (Phi) is 1.54. The minimum Gasteiger partial charge on any atom is -0.307 e. The van der Waals surface area contributed by atoms with E-state index in [0.29, 0.717) is 0 Å². The third-order valence-corrected chi connectivity index (χ3v) is 1.73. The van der Waals surface area contributed by atoms with Gasteiger partial charge in [0.15, 0.2) is 5.82 Å². The number of rotatable bonds is 1. The lowest BCUT2D eigenvalue weighted by atomic mass is 10.3. The fourth-order valence-corrected chi connectivity index (χ4v) is 1.16. The Morgan fingerprint density at radius 3 is 3.27 bits per heavy atom. The molecule has 0 radical (unpaired) electrons. The van der Waals surface area contributed by atoms with Crippen LogP contribution in [0.15, 0.2) is 6.20 Å². The summed E-state index contributed by atoms with van der Waals surface area (Å²) in [6.45, 7) is 0.972. The molecule has 2 rings (SSSR count). The summed E-state index contributed by atoms with van der Waals surface area (Å²) in [5.41, 5.74) is 2.02. The lowest BCUT2D eigenvalue weighted by molar-refractivity contribution is 0.464. The van der Waals surface area contributed by atoms with Crippen molar-refractivity contribution in [3.8, 4) is 0 Å². The number of nitrogens with zero attached hydrogens (tertiary/aromatic N) is 2. The second-order valence-corrected chi connectivity index (χ2v) is 2.50. The van der Waals surface area contributed by atoms with Crippen molar-refractivity contribution in [3.05, 3.63) is 23.3 Å². The Morgan fingerprint density at radius 2 is 2.45 bits per heavy atom. The minimum atomic E-state index is -0.576. The van der Waals surface area contributed by atoms with Gasteiger partial charge < -0.3 is 5.32 Å². The zero-order valence-electron chi connectivity index (χ0n) is 5.97. The summed E-state index contributed by atoms with van der Waals surface area (Å²) in [7, 11) is 0. The molecule has 0 spiro atoms. The molecule has 0 aliphatic carbocycles. The molecule has 58 valence electrons. The van der Waals surface area contributed by atoms with Crippen molar-refractivity contribution in [1.29, 1.82) is 0 Å². The van der Waals surface area contributed by atoms with Crippen molar-refractivity contribution in [1.82, 2.24) is 15.3 Å². The number of hydrogen-bond acceptors (Lipinski definition) is 3. The molecule has 0 amide bonds. The Hall–Kier alpha value is -1.03. The highest BCUT2D eigenvalue weighted by Gasteiger charge is 2.11. The summed E-state index contributed by atoms with van der Waals surface area (Å²) in [6.07, 6.45) is 1.69. The molecule has 0 atom stereocenters. The van der Waals surface area contributed by atoms with Crippen molar-refractivity contribution < 1.29 is 4.39 Å². The number of hydrogen-bond donors (Lipinski definition) is 1. The maximum Gasteiger partial charge on any atom is 0.159 e. The van der Waals surface area contributed by atoms with Crippen molar-refractivity contribution in [2.75, 3.05) is 0 Å². The van der Waals surface area contributed by atoms with Crippen LogP contribution < -0.4 is 5.32 Å². The molecule has 1 aliphatic heterocycles.